The van der Waals surface area contributed by atoms with E-state index in [0.29, 0.717) is 0 Å². The van der Waals surface area contributed by atoms with Gasteiger partial charge in [0.05, 0.1) is 16.6 Å². The van der Waals surface area contributed by atoms with E-state index in [4.69, 9.17) is 21.6 Å². The van der Waals surface area contributed by atoms with Crippen molar-refractivity contribution in [2.45, 2.75) is 26.3 Å². The van der Waals surface area contributed by atoms with E-state index in [1.165, 1.54) is 12.1 Å². The Bertz CT molecular complexity index is 714. The Morgan fingerprint density at radius 1 is 1.50 bits per heavy atom. The molecule has 1 aromatic rings. The lowest BCUT2D eigenvalue weighted by molar-refractivity contribution is -0.384. The zero-order valence-electron chi connectivity index (χ0n) is 13.3. The summed E-state index contributed by atoms with van der Waals surface area (Å²) in [6.07, 6.45) is 0. The third-order valence-electron chi connectivity index (χ3n) is 3.50. The molecule has 0 aliphatic rings. The van der Waals surface area contributed by atoms with E-state index in [2.05, 4.69) is 5.32 Å². The van der Waals surface area contributed by atoms with Gasteiger partial charge in [0.2, 0.25) is 0 Å². The molecule has 9 heteroatoms. The van der Waals surface area contributed by atoms with Gasteiger partial charge in [0, 0.05) is 6.07 Å². The Morgan fingerprint density at radius 2 is 2.12 bits per heavy atom. The quantitative estimate of drug-likeness (QED) is 0.476. The predicted molar refractivity (Wildman–Crippen MR) is 85.4 cm³/mol. The summed E-state index contributed by atoms with van der Waals surface area (Å²) in [5, 5.41) is 22.3. The van der Waals surface area contributed by atoms with Gasteiger partial charge in [0.25, 0.3) is 11.6 Å². The first-order chi connectivity index (χ1) is 11.1. The summed E-state index contributed by atoms with van der Waals surface area (Å²) < 4.78 is 4.81. The number of nitriles is 1. The number of benzene rings is 1. The van der Waals surface area contributed by atoms with Gasteiger partial charge in [-0.25, -0.2) is 4.79 Å². The number of amides is 1. The minimum Gasteiger partial charge on any atom is -0.452 e. The number of hydrogen-bond acceptors (Lipinski definition) is 6. The van der Waals surface area contributed by atoms with Crippen molar-refractivity contribution in [3.05, 3.63) is 38.9 Å². The second-order valence-corrected chi connectivity index (χ2v) is 5.92. The number of nitrogens with one attached hydrogen (secondary N) is 1. The van der Waals surface area contributed by atoms with E-state index in [1.807, 2.05) is 6.07 Å². The van der Waals surface area contributed by atoms with E-state index < -0.39 is 34.6 Å². The molecule has 0 bridgehead atoms. The number of carbonyl (C=O) groups is 2. The maximum atomic E-state index is 11.9. The van der Waals surface area contributed by atoms with Crippen LogP contribution in [0, 0.1) is 27.4 Å². The molecule has 0 unspecified atom stereocenters. The van der Waals surface area contributed by atoms with Crippen LogP contribution in [0.15, 0.2) is 18.2 Å². The van der Waals surface area contributed by atoms with Gasteiger partial charge < -0.3 is 10.1 Å². The van der Waals surface area contributed by atoms with Crippen LogP contribution in [0.4, 0.5) is 5.69 Å². The summed E-state index contributed by atoms with van der Waals surface area (Å²) >= 11 is 5.65. The zero-order chi connectivity index (χ0) is 18.5. The minimum atomic E-state index is -1.09. The van der Waals surface area contributed by atoms with Crippen LogP contribution in [-0.4, -0.2) is 28.9 Å². The van der Waals surface area contributed by atoms with Crippen LogP contribution in [0.1, 0.15) is 31.1 Å². The lowest BCUT2D eigenvalue weighted by Gasteiger charge is -2.27. The first-order valence-electron chi connectivity index (χ1n) is 6.94. The Balaban J connectivity index is 2.73. The minimum absolute atomic E-state index is 0.106. The highest BCUT2D eigenvalue weighted by Gasteiger charge is 2.30. The third kappa shape index (κ3) is 4.67. The fraction of sp³-hybridized carbons (Fsp3) is 0.400. The molecule has 1 aromatic carbocycles. The lowest BCUT2D eigenvalue weighted by Crippen LogP contribution is -2.50. The zero-order valence-corrected chi connectivity index (χ0v) is 14.1. The van der Waals surface area contributed by atoms with Crippen molar-refractivity contribution in [2.24, 2.45) is 5.92 Å². The van der Waals surface area contributed by atoms with Crippen molar-refractivity contribution in [3.8, 4) is 6.07 Å². The van der Waals surface area contributed by atoms with Crippen LogP contribution < -0.4 is 5.32 Å². The molecule has 0 aromatic heterocycles. The van der Waals surface area contributed by atoms with Crippen molar-refractivity contribution in [2.75, 3.05) is 6.61 Å². The van der Waals surface area contributed by atoms with Crippen molar-refractivity contribution in [1.29, 1.82) is 5.26 Å². The molecule has 0 aliphatic heterocycles. The monoisotopic (exact) mass is 353 g/mol. The Kier molecular flexibility index (Phi) is 6.26. The highest BCUT2D eigenvalue weighted by molar-refractivity contribution is 6.32. The van der Waals surface area contributed by atoms with Gasteiger partial charge >= 0.3 is 5.97 Å². The van der Waals surface area contributed by atoms with Gasteiger partial charge in [0.15, 0.2) is 6.61 Å². The van der Waals surface area contributed by atoms with Gasteiger partial charge in [-0.1, -0.05) is 25.4 Å². The van der Waals surface area contributed by atoms with E-state index in [1.54, 1.807) is 20.8 Å². The number of rotatable bonds is 6. The summed E-state index contributed by atoms with van der Waals surface area (Å²) in [6, 6.07) is 5.41. The van der Waals surface area contributed by atoms with Crippen LogP contribution in [0.2, 0.25) is 5.02 Å². The number of ether oxygens (including phenoxy) is 1. The van der Waals surface area contributed by atoms with Crippen LogP contribution in [0.5, 0.6) is 0 Å². The highest BCUT2D eigenvalue weighted by Crippen LogP contribution is 2.25. The van der Waals surface area contributed by atoms with Gasteiger partial charge in [-0.2, -0.15) is 5.26 Å². The summed E-state index contributed by atoms with van der Waals surface area (Å²) in [6.45, 7) is 4.48. The number of nitrogens with zero attached hydrogens (tertiary/aromatic N) is 2. The maximum absolute atomic E-state index is 11.9. The van der Waals surface area contributed by atoms with Crippen molar-refractivity contribution >= 4 is 29.2 Å². The molecular weight excluding hydrogens is 338 g/mol. The first-order valence-corrected chi connectivity index (χ1v) is 7.32. The van der Waals surface area contributed by atoms with Crippen LogP contribution in [-0.2, 0) is 9.53 Å². The van der Waals surface area contributed by atoms with Crippen molar-refractivity contribution < 1.29 is 19.2 Å². The SMILES string of the molecule is CC(C)[C@](C)(C#N)NC(=O)COC(=O)c1ccc(Cl)c([N+](=O)[O-])c1. The molecule has 0 saturated carbocycles. The fourth-order valence-electron chi connectivity index (χ4n) is 1.62. The van der Waals surface area contributed by atoms with E-state index in [0.717, 1.165) is 6.07 Å². The third-order valence-corrected chi connectivity index (χ3v) is 3.82. The maximum Gasteiger partial charge on any atom is 0.338 e. The van der Waals surface area contributed by atoms with E-state index in [9.17, 15) is 19.7 Å². The molecule has 24 heavy (non-hydrogen) atoms. The largest absolute Gasteiger partial charge is 0.452 e. The van der Waals surface area contributed by atoms with Gasteiger partial charge in [-0.3, -0.25) is 14.9 Å². The number of nitro benzene ring substituents is 1. The first kappa shape index (κ1) is 19.4. The standard InChI is InChI=1S/C15H16ClN3O5/c1-9(2)15(3,8-17)18-13(20)7-24-14(21)10-4-5-11(16)12(6-10)19(22)23/h4-6,9H,7H2,1-3H3,(H,18,20)/t15-/m0/s1. The van der Waals surface area contributed by atoms with E-state index in [-0.39, 0.29) is 16.5 Å². The molecule has 0 fully saturated rings. The number of nitro groups is 1. The molecule has 1 amide bonds. The number of hydrogen-bond donors (Lipinski definition) is 1. The second-order valence-electron chi connectivity index (χ2n) is 5.52. The average Bonchev–Trinajstić information content (AvgIpc) is 2.52. The summed E-state index contributed by atoms with van der Waals surface area (Å²) in [5.74, 6) is -1.71. The van der Waals surface area contributed by atoms with Crippen LogP contribution in [0.25, 0.3) is 0 Å². The number of esters is 1. The van der Waals surface area contributed by atoms with Crippen LogP contribution in [0.3, 0.4) is 0 Å². The molecule has 0 aliphatic carbocycles. The molecular formula is C15H16ClN3O5. The molecule has 1 rings (SSSR count). The molecule has 0 saturated heterocycles. The Labute approximate surface area is 143 Å². The lowest BCUT2D eigenvalue weighted by atomic mass is 9.90. The smallest absolute Gasteiger partial charge is 0.338 e. The molecule has 0 heterocycles. The Morgan fingerprint density at radius 3 is 2.62 bits per heavy atom. The van der Waals surface area contributed by atoms with Gasteiger partial charge in [-0.05, 0) is 25.0 Å². The molecule has 8 nitrogen and oxygen atoms in total. The predicted octanol–water partition coefficient (Wildman–Crippen LogP) is 2.46. The van der Waals surface area contributed by atoms with E-state index >= 15 is 0 Å². The molecule has 128 valence electrons. The number of carbonyl (C=O) groups excluding carboxylic acids is 2. The molecule has 1 N–H and O–H groups in total. The highest BCUT2D eigenvalue weighted by atomic mass is 35.5. The topological polar surface area (TPSA) is 122 Å². The summed E-state index contributed by atoms with van der Waals surface area (Å²) in [7, 11) is 0. The Hall–Kier alpha value is -2.66. The second kappa shape index (κ2) is 7.75. The normalized spacial score (nSPS) is 12.8. The van der Waals surface area contributed by atoms with Gasteiger partial charge in [0.1, 0.15) is 10.6 Å². The van der Waals surface area contributed by atoms with Crippen molar-refractivity contribution in [1.82, 2.24) is 5.32 Å². The number of halogens is 1. The fourth-order valence-corrected chi connectivity index (χ4v) is 1.81. The van der Waals surface area contributed by atoms with Crippen molar-refractivity contribution in [3.63, 3.8) is 0 Å². The summed E-state index contributed by atoms with van der Waals surface area (Å²) in [4.78, 5) is 33.8. The van der Waals surface area contributed by atoms with Crippen LogP contribution >= 0.6 is 11.6 Å². The molecule has 0 spiro atoms. The van der Waals surface area contributed by atoms with Gasteiger partial charge in [-0.15, -0.1) is 0 Å². The molecule has 1 atom stereocenters. The molecule has 0 radical (unpaired) electrons. The summed E-state index contributed by atoms with van der Waals surface area (Å²) in [5.41, 5.74) is -1.64. The average molecular weight is 354 g/mol.